The van der Waals surface area contributed by atoms with Crippen LogP contribution in [0.3, 0.4) is 0 Å². The summed E-state index contributed by atoms with van der Waals surface area (Å²) < 4.78 is 22.6. The van der Waals surface area contributed by atoms with E-state index in [9.17, 15) is 18.0 Å². The van der Waals surface area contributed by atoms with E-state index in [4.69, 9.17) is 10.8 Å². The van der Waals surface area contributed by atoms with E-state index < -0.39 is 33.8 Å². The fourth-order valence-corrected chi connectivity index (χ4v) is 3.05. The molecular formula is C9H17N3O5S. The molecule has 1 heterocycles. The lowest BCUT2D eigenvalue weighted by atomic mass is 10.2. The molecule has 2 amide bonds. The van der Waals surface area contributed by atoms with Crippen molar-refractivity contribution in [1.29, 1.82) is 0 Å². The Hall–Kier alpha value is -1.19. The Morgan fingerprint density at radius 3 is 2.72 bits per heavy atom. The van der Waals surface area contributed by atoms with Gasteiger partial charge in [0.05, 0.1) is 18.1 Å². The fraction of sp³-hybridized carbons (Fsp3) is 0.778. The number of sulfone groups is 1. The van der Waals surface area contributed by atoms with Crippen LogP contribution in [-0.4, -0.2) is 62.1 Å². The van der Waals surface area contributed by atoms with Gasteiger partial charge in [-0.15, -0.1) is 0 Å². The first kappa shape index (κ1) is 14.9. The number of carbonyl (C=O) groups is 2. The maximum Gasteiger partial charge on any atom is 0.248 e. The molecule has 0 aromatic rings. The Bertz CT molecular complexity index is 422. The smallest absolute Gasteiger partial charge is 0.248 e. The van der Waals surface area contributed by atoms with E-state index in [1.165, 1.54) is 0 Å². The Morgan fingerprint density at radius 2 is 2.17 bits per heavy atom. The van der Waals surface area contributed by atoms with Gasteiger partial charge in [-0.1, -0.05) is 0 Å². The van der Waals surface area contributed by atoms with Crippen LogP contribution in [0.1, 0.15) is 6.42 Å². The van der Waals surface area contributed by atoms with Gasteiger partial charge >= 0.3 is 0 Å². The number of aliphatic hydroxyl groups is 1. The van der Waals surface area contributed by atoms with Crippen molar-refractivity contribution in [2.24, 2.45) is 5.73 Å². The van der Waals surface area contributed by atoms with Gasteiger partial charge in [0.25, 0.3) is 0 Å². The van der Waals surface area contributed by atoms with Crippen molar-refractivity contribution in [1.82, 2.24) is 10.6 Å². The summed E-state index contributed by atoms with van der Waals surface area (Å²) in [5.41, 5.74) is 4.81. The number of rotatable bonds is 5. The highest BCUT2D eigenvalue weighted by Gasteiger charge is 2.26. The normalized spacial score (nSPS) is 24.2. The number of carbonyl (C=O) groups excluding carboxylic acids is 2. The largest absolute Gasteiger partial charge is 0.381 e. The second-order valence-electron chi connectivity index (χ2n) is 4.19. The minimum absolute atomic E-state index is 0.0231. The molecule has 0 saturated carbocycles. The molecule has 1 fully saturated rings. The molecule has 0 bridgehead atoms. The highest BCUT2D eigenvalue weighted by atomic mass is 32.2. The summed E-state index contributed by atoms with van der Waals surface area (Å²) in [6.45, 7) is 0.0534. The van der Waals surface area contributed by atoms with Gasteiger partial charge in [-0.3, -0.25) is 9.59 Å². The summed E-state index contributed by atoms with van der Waals surface area (Å²) >= 11 is 0. The van der Waals surface area contributed by atoms with Crippen molar-refractivity contribution >= 4 is 21.7 Å². The van der Waals surface area contributed by atoms with Gasteiger partial charge in [0.15, 0.2) is 9.84 Å². The third-order valence-electron chi connectivity index (χ3n) is 2.55. The molecule has 1 saturated heterocycles. The monoisotopic (exact) mass is 279 g/mol. The summed E-state index contributed by atoms with van der Waals surface area (Å²) in [7, 11) is -3.09. The third-order valence-corrected chi connectivity index (χ3v) is 4.29. The minimum atomic E-state index is -3.09. The second-order valence-corrected chi connectivity index (χ2v) is 6.42. The zero-order valence-electron chi connectivity index (χ0n) is 9.76. The third kappa shape index (κ3) is 4.98. The molecule has 5 N–H and O–H groups in total. The molecule has 8 nitrogen and oxygen atoms in total. The lowest BCUT2D eigenvalue weighted by Gasteiger charge is -2.23. The SMILES string of the molecule is NC(=O)C(O)CNC(=O)CC1CS(=O)(=O)CCN1. The van der Waals surface area contributed by atoms with Crippen LogP contribution in [0.4, 0.5) is 0 Å². The van der Waals surface area contributed by atoms with Gasteiger partial charge < -0.3 is 21.5 Å². The van der Waals surface area contributed by atoms with Crippen LogP contribution in [0.2, 0.25) is 0 Å². The van der Waals surface area contributed by atoms with E-state index in [1.54, 1.807) is 0 Å². The molecule has 2 atom stereocenters. The van der Waals surface area contributed by atoms with Crippen LogP contribution in [0, 0.1) is 0 Å². The van der Waals surface area contributed by atoms with Crippen molar-refractivity contribution in [2.75, 3.05) is 24.6 Å². The number of hydrogen-bond acceptors (Lipinski definition) is 6. The number of nitrogens with two attached hydrogens (primary N) is 1. The van der Waals surface area contributed by atoms with E-state index in [-0.39, 0.29) is 24.5 Å². The number of hydrogen-bond donors (Lipinski definition) is 4. The summed E-state index contributed by atoms with van der Waals surface area (Å²) in [4.78, 5) is 22.0. The molecule has 9 heteroatoms. The number of nitrogens with one attached hydrogen (secondary N) is 2. The van der Waals surface area contributed by atoms with E-state index in [1.807, 2.05) is 0 Å². The van der Waals surface area contributed by atoms with Crippen molar-refractivity contribution < 1.29 is 23.1 Å². The van der Waals surface area contributed by atoms with E-state index in [0.717, 1.165) is 0 Å². The van der Waals surface area contributed by atoms with Crippen molar-refractivity contribution in [3.05, 3.63) is 0 Å². The van der Waals surface area contributed by atoms with Gasteiger partial charge in [0.1, 0.15) is 6.10 Å². The molecule has 18 heavy (non-hydrogen) atoms. The molecule has 104 valence electrons. The standard InChI is InChI=1S/C9H17N3O5S/c10-9(15)7(13)4-12-8(14)3-6-5-18(16,17)2-1-11-6/h6-7,11,13H,1-5H2,(H2,10,15)(H,12,14). The van der Waals surface area contributed by atoms with Crippen LogP contribution in [0.15, 0.2) is 0 Å². The van der Waals surface area contributed by atoms with E-state index in [2.05, 4.69) is 10.6 Å². The molecule has 0 aromatic carbocycles. The van der Waals surface area contributed by atoms with Crippen molar-refractivity contribution in [3.63, 3.8) is 0 Å². The minimum Gasteiger partial charge on any atom is -0.381 e. The van der Waals surface area contributed by atoms with Gasteiger partial charge in [-0.2, -0.15) is 0 Å². The van der Waals surface area contributed by atoms with Crippen LogP contribution >= 0.6 is 0 Å². The van der Waals surface area contributed by atoms with Crippen LogP contribution in [-0.2, 0) is 19.4 Å². The molecule has 0 aromatic heterocycles. The zero-order chi connectivity index (χ0) is 13.8. The average molecular weight is 279 g/mol. The molecule has 1 aliphatic heterocycles. The van der Waals surface area contributed by atoms with Crippen LogP contribution in [0.5, 0.6) is 0 Å². The Balaban J connectivity index is 2.34. The van der Waals surface area contributed by atoms with Crippen LogP contribution in [0.25, 0.3) is 0 Å². The number of primary amides is 1. The Kier molecular flexibility index (Phi) is 5.05. The lowest BCUT2D eigenvalue weighted by Crippen LogP contribution is -2.48. The summed E-state index contributed by atoms with van der Waals surface area (Å²) in [5.74, 6) is -1.37. The highest BCUT2D eigenvalue weighted by Crippen LogP contribution is 2.04. The fourth-order valence-electron chi connectivity index (χ4n) is 1.61. The average Bonchev–Trinajstić information content (AvgIpc) is 2.24. The lowest BCUT2D eigenvalue weighted by molar-refractivity contribution is -0.127. The molecule has 1 rings (SSSR count). The Labute approximate surface area is 105 Å². The molecular weight excluding hydrogens is 262 g/mol. The van der Waals surface area contributed by atoms with Crippen molar-refractivity contribution in [3.8, 4) is 0 Å². The summed E-state index contributed by atoms with van der Waals surface area (Å²) in [6, 6.07) is -0.436. The first-order chi connectivity index (χ1) is 8.30. The quantitative estimate of drug-likeness (QED) is 0.416. The topological polar surface area (TPSA) is 139 Å². The first-order valence-electron chi connectivity index (χ1n) is 5.48. The van der Waals surface area contributed by atoms with Gasteiger partial charge in [0.2, 0.25) is 11.8 Å². The first-order valence-corrected chi connectivity index (χ1v) is 7.30. The zero-order valence-corrected chi connectivity index (χ0v) is 10.6. The van der Waals surface area contributed by atoms with Gasteiger partial charge in [-0.05, 0) is 0 Å². The van der Waals surface area contributed by atoms with Gasteiger partial charge in [-0.25, -0.2) is 8.42 Å². The predicted molar refractivity (Wildman–Crippen MR) is 63.3 cm³/mol. The molecule has 0 spiro atoms. The van der Waals surface area contributed by atoms with Gasteiger partial charge in [0, 0.05) is 19.0 Å². The second kappa shape index (κ2) is 6.12. The molecule has 0 aliphatic carbocycles. The van der Waals surface area contributed by atoms with E-state index in [0.29, 0.717) is 6.54 Å². The van der Waals surface area contributed by atoms with Crippen LogP contribution < -0.4 is 16.4 Å². The Morgan fingerprint density at radius 1 is 1.50 bits per heavy atom. The summed E-state index contributed by atoms with van der Waals surface area (Å²) in [5, 5.41) is 14.3. The summed E-state index contributed by atoms with van der Waals surface area (Å²) in [6.07, 6.45) is -1.46. The van der Waals surface area contributed by atoms with Crippen molar-refractivity contribution in [2.45, 2.75) is 18.6 Å². The molecule has 2 unspecified atom stereocenters. The maximum absolute atomic E-state index is 11.4. The number of amides is 2. The highest BCUT2D eigenvalue weighted by molar-refractivity contribution is 7.91. The maximum atomic E-state index is 11.4. The van der Waals surface area contributed by atoms with E-state index >= 15 is 0 Å². The molecule has 1 aliphatic rings. The predicted octanol–water partition coefficient (Wildman–Crippen LogP) is -3.27. The molecule has 0 radical (unpaired) electrons. The number of aliphatic hydroxyl groups excluding tert-OH is 1.